The highest BCUT2D eigenvalue weighted by Crippen LogP contribution is 1.96. The van der Waals surface area contributed by atoms with Gasteiger partial charge in [-0.05, 0) is 19.8 Å². The van der Waals surface area contributed by atoms with Crippen molar-refractivity contribution in [2.24, 2.45) is 0 Å². The van der Waals surface area contributed by atoms with Gasteiger partial charge in [0.15, 0.2) is 0 Å². The van der Waals surface area contributed by atoms with E-state index in [2.05, 4.69) is 5.32 Å². The number of hydrogen-bond acceptors (Lipinski definition) is 2. The van der Waals surface area contributed by atoms with Crippen molar-refractivity contribution in [3.05, 3.63) is 0 Å². The number of rotatable bonds is 6. The second kappa shape index (κ2) is 7.09. The molecule has 0 saturated heterocycles. The lowest BCUT2D eigenvalue weighted by molar-refractivity contribution is -0.139. The molecule has 15 heavy (non-hydrogen) atoms. The Hall–Kier alpha value is -1.26. The number of amides is 2. The molecule has 0 aromatic carbocycles. The van der Waals surface area contributed by atoms with Crippen LogP contribution in [-0.4, -0.2) is 41.1 Å². The molecule has 0 unspecified atom stereocenters. The Labute approximate surface area is 90.5 Å². The summed E-state index contributed by atoms with van der Waals surface area (Å²) in [4.78, 5) is 23.9. The van der Waals surface area contributed by atoms with Gasteiger partial charge in [-0.15, -0.1) is 0 Å². The molecule has 5 heteroatoms. The third-order valence-corrected chi connectivity index (χ3v) is 2.17. The molecule has 0 spiro atoms. The van der Waals surface area contributed by atoms with Crippen LogP contribution < -0.4 is 5.32 Å². The quantitative estimate of drug-likeness (QED) is 0.703. The maximum Gasteiger partial charge on any atom is 0.326 e. The van der Waals surface area contributed by atoms with E-state index in [-0.39, 0.29) is 6.03 Å². The minimum Gasteiger partial charge on any atom is -0.480 e. The van der Waals surface area contributed by atoms with Gasteiger partial charge in [0.25, 0.3) is 0 Å². The Morgan fingerprint density at radius 3 is 2.27 bits per heavy atom. The first-order chi connectivity index (χ1) is 7.06. The zero-order valence-electron chi connectivity index (χ0n) is 9.62. The molecule has 0 rings (SSSR count). The SMILES string of the molecule is CCCN(CC)C(=O)N[C@H](CC)C(=O)O. The minimum absolute atomic E-state index is 0.298. The summed E-state index contributed by atoms with van der Waals surface area (Å²) in [5.41, 5.74) is 0. The molecule has 0 aliphatic heterocycles. The van der Waals surface area contributed by atoms with E-state index in [0.29, 0.717) is 19.5 Å². The van der Waals surface area contributed by atoms with E-state index >= 15 is 0 Å². The van der Waals surface area contributed by atoms with Crippen molar-refractivity contribution in [3.63, 3.8) is 0 Å². The van der Waals surface area contributed by atoms with Gasteiger partial charge in [-0.2, -0.15) is 0 Å². The molecule has 88 valence electrons. The van der Waals surface area contributed by atoms with Gasteiger partial charge in [-0.1, -0.05) is 13.8 Å². The van der Waals surface area contributed by atoms with Gasteiger partial charge in [-0.3, -0.25) is 0 Å². The minimum atomic E-state index is -0.988. The highest BCUT2D eigenvalue weighted by Gasteiger charge is 2.20. The molecule has 2 N–H and O–H groups in total. The fraction of sp³-hybridized carbons (Fsp3) is 0.800. The van der Waals surface area contributed by atoms with Crippen LogP contribution in [0.15, 0.2) is 0 Å². The zero-order valence-corrected chi connectivity index (χ0v) is 9.62. The van der Waals surface area contributed by atoms with Crippen LogP contribution in [0.3, 0.4) is 0 Å². The van der Waals surface area contributed by atoms with Crippen LogP contribution in [-0.2, 0) is 4.79 Å². The molecule has 0 aliphatic rings. The third kappa shape index (κ3) is 4.67. The molecular formula is C10H20N2O3. The average molecular weight is 216 g/mol. The monoisotopic (exact) mass is 216 g/mol. The van der Waals surface area contributed by atoms with Crippen LogP contribution in [0.25, 0.3) is 0 Å². The number of carbonyl (C=O) groups excluding carboxylic acids is 1. The molecule has 0 fully saturated rings. The molecule has 5 nitrogen and oxygen atoms in total. The van der Waals surface area contributed by atoms with Crippen LogP contribution >= 0.6 is 0 Å². The lowest BCUT2D eigenvalue weighted by Crippen LogP contribution is -2.47. The maximum absolute atomic E-state index is 11.6. The summed E-state index contributed by atoms with van der Waals surface area (Å²) in [6, 6.07) is -1.09. The van der Waals surface area contributed by atoms with Gasteiger partial charge in [0.05, 0.1) is 0 Å². The van der Waals surface area contributed by atoms with Crippen molar-refractivity contribution in [1.82, 2.24) is 10.2 Å². The topological polar surface area (TPSA) is 69.6 Å². The van der Waals surface area contributed by atoms with Crippen LogP contribution in [0, 0.1) is 0 Å². The summed E-state index contributed by atoms with van der Waals surface area (Å²) < 4.78 is 0. The number of urea groups is 1. The Morgan fingerprint density at radius 2 is 1.93 bits per heavy atom. The van der Waals surface area contributed by atoms with Crippen molar-refractivity contribution in [1.29, 1.82) is 0 Å². The first kappa shape index (κ1) is 13.7. The molecule has 0 aromatic rings. The van der Waals surface area contributed by atoms with E-state index < -0.39 is 12.0 Å². The summed E-state index contributed by atoms with van der Waals surface area (Å²) in [6.45, 7) is 6.82. The molecule has 0 bridgehead atoms. The molecule has 0 aromatic heterocycles. The first-order valence-electron chi connectivity index (χ1n) is 5.34. The van der Waals surface area contributed by atoms with E-state index in [1.165, 1.54) is 0 Å². The van der Waals surface area contributed by atoms with Crippen molar-refractivity contribution < 1.29 is 14.7 Å². The highest BCUT2D eigenvalue weighted by molar-refractivity contribution is 5.82. The van der Waals surface area contributed by atoms with Gasteiger partial charge >= 0.3 is 12.0 Å². The fourth-order valence-corrected chi connectivity index (χ4v) is 1.25. The predicted molar refractivity (Wildman–Crippen MR) is 57.8 cm³/mol. The van der Waals surface area contributed by atoms with Crippen molar-refractivity contribution >= 4 is 12.0 Å². The molecule has 0 radical (unpaired) electrons. The van der Waals surface area contributed by atoms with E-state index in [1.807, 2.05) is 13.8 Å². The second-order valence-electron chi connectivity index (χ2n) is 3.33. The van der Waals surface area contributed by atoms with Gasteiger partial charge < -0.3 is 15.3 Å². The zero-order chi connectivity index (χ0) is 11.8. The van der Waals surface area contributed by atoms with E-state index in [0.717, 1.165) is 6.42 Å². The lowest BCUT2D eigenvalue weighted by Gasteiger charge is -2.22. The molecule has 0 heterocycles. The van der Waals surface area contributed by atoms with Crippen molar-refractivity contribution in [2.45, 2.75) is 39.7 Å². The van der Waals surface area contributed by atoms with Gasteiger partial charge in [0.2, 0.25) is 0 Å². The number of hydrogen-bond donors (Lipinski definition) is 2. The van der Waals surface area contributed by atoms with Gasteiger partial charge in [0.1, 0.15) is 6.04 Å². The molecular weight excluding hydrogens is 196 g/mol. The lowest BCUT2D eigenvalue weighted by atomic mass is 10.2. The van der Waals surface area contributed by atoms with Crippen LogP contribution in [0.1, 0.15) is 33.6 Å². The normalized spacial score (nSPS) is 11.9. The molecule has 0 aliphatic carbocycles. The Kier molecular flexibility index (Phi) is 6.49. The number of carbonyl (C=O) groups is 2. The average Bonchev–Trinajstić information content (AvgIpc) is 2.21. The predicted octanol–water partition coefficient (Wildman–Crippen LogP) is 1.29. The standard InChI is InChI=1S/C10H20N2O3/c1-4-7-12(6-3)10(15)11-8(5-2)9(13)14/h8H,4-7H2,1-3H3,(H,11,15)(H,13,14)/t8-/m1/s1. The smallest absolute Gasteiger partial charge is 0.326 e. The van der Waals surface area contributed by atoms with E-state index in [9.17, 15) is 9.59 Å². The van der Waals surface area contributed by atoms with Crippen molar-refractivity contribution in [3.8, 4) is 0 Å². The fourth-order valence-electron chi connectivity index (χ4n) is 1.25. The number of carboxylic acids is 1. The van der Waals surface area contributed by atoms with E-state index in [4.69, 9.17) is 5.11 Å². The number of carboxylic acid groups (broad SMARTS) is 1. The Morgan fingerprint density at radius 1 is 1.33 bits per heavy atom. The van der Waals surface area contributed by atoms with Gasteiger partial charge in [-0.25, -0.2) is 9.59 Å². The summed E-state index contributed by atoms with van der Waals surface area (Å²) in [5.74, 6) is -0.988. The summed E-state index contributed by atoms with van der Waals surface area (Å²) in [6.07, 6.45) is 1.26. The number of nitrogens with one attached hydrogen (secondary N) is 1. The van der Waals surface area contributed by atoms with Crippen LogP contribution in [0.5, 0.6) is 0 Å². The molecule has 1 atom stereocenters. The van der Waals surface area contributed by atoms with Crippen molar-refractivity contribution in [2.75, 3.05) is 13.1 Å². The second-order valence-corrected chi connectivity index (χ2v) is 3.33. The summed E-state index contributed by atoms with van der Waals surface area (Å²) in [5, 5.41) is 11.3. The van der Waals surface area contributed by atoms with E-state index in [1.54, 1.807) is 11.8 Å². The molecule has 2 amide bonds. The first-order valence-corrected chi connectivity index (χ1v) is 5.34. The highest BCUT2D eigenvalue weighted by atomic mass is 16.4. The van der Waals surface area contributed by atoms with Crippen LogP contribution in [0.4, 0.5) is 4.79 Å². The largest absolute Gasteiger partial charge is 0.480 e. The summed E-state index contributed by atoms with van der Waals surface area (Å²) in [7, 11) is 0. The molecule has 0 saturated carbocycles. The van der Waals surface area contributed by atoms with Crippen LogP contribution in [0.2, 0.25) is 0 Å². The Bertz CT molecular complexity index is 219. The summed E-state index contributed by atoms with van der Waals surface area (Å²) >= 11 is 0. The van der Waals surface area contributed by atoms with Gasteiger partial charge in [0, 0.05) is 13.1 Å². The Balaban J connectivity index is 4.24. The number of aliphatic carboxylic acids is 1. The number of nitrogens with zero attached hydrogens (tertiary/aromatic N) is 1. The maximum atomic E-state index is 11.6. The third-order valence-electron chi connectivity index (χ3n) is 2.17.